The summed E-state index contributed by atoms with van der Waals surface area (Å²) in [7, 11) is 3.76. The van der Waals surface area contributed by atoms with Crippen molar-refractivity contribution in [2.45, 2.75) is 25.3 Å². The Kier molecular flexibility index (Phi) is 6.51. The number of carbonyl (C=O) groups is 1. The van der Waals surface area contributed by atoms with E-state index in [1.165, 1.54) is 0 Å². The number of hydrogen-bond donors (Lipinski definition) is 2. The van der Waals surface area contributed by atoms with Gasteiger partial charge in [0, 0.05) is 12.6 Å². The molecule has 0 bridgehead atoms. The van der Waals surface area contributed by atoms with Gasteiger partial charge in [-0.25, -0.2) is 4.79 Å². The van der Waals surface area contributed by atoms with Gasteiger partial charge in [0.2, 0.25) is 0 Å². The molecule has 1 aliphatic heterocycles. The molecule has 22 heavy (non-hydrogen) atoms. The summed E-state index contributed by atoms with van der Waals surface area (Å²) in [5, 5.41) is 5.98. The highest BCUT2D eigenvalue weighted by Crippen LogP contribution is 2.25. The van der Waals surface area contributed by atoms with Gasteiger partial charge in [0.05, 0.1) is 11.6 Å². The molecular formula is C16H24BrN3O2. The third kappa shape index (κ3) is 5.18. The number of rotatable bonds is 5. The van der Waals surface area contributed by atoms with Crippen LogP contribution in [0.5, 0.6) is 5.75 Å². The van der Waals surface area contributed by atoms with Crippen molar-refractivity contribution in [2.24, 2.45) is 0 Å². The van der Waals surface area contributed by atoms with Crippen LogP contribution in [0, 0.1) is 0 Å². The summed E-state index contributed by atoms with van der Waals surface area (Å²) in [6, 6.07) is 6.20. The van der Waals surface area contributed by atoms with Crippen LogP contribution < -0.4 is 15.4 Å². The van der Waals surface area contributed by atoms with E-state index in [1.54, 1.807) is 7.11 Å². The predicted molar refractivity (Wildman–Crippen MR) is 91.5 cm³/mol. The van der Waals surface area contributed by atoms with E-state index in [9.17, 15) is 4.79 Å². The van der Waals surface area contributed by atoms with Gasteiger partial charge in [-0.2, -0.15) is 0 Å². The normalized spacial score (nSPS) is 16.3. The van der Waals surface area contributed by atoms with E-state index in [4.69, 9.17) is 4.74 Å². The summed E-state index contributed by atoms with van der Waals surface area (Å²) in [5.74, 6) is 0.816. The Bertz CT molecular complexity index is 502. The van der Waals surface area contributed by atoms with Gasteiger partial charge < -0.3 is 20.3 Å². The Morgan fingerprint density at radius 2 is 2.14 bits per heavy atom. The predicted octanol–water partition coefficient (Wildman–Crippen LogP) is 2.39. The summed E-state index contributed by atoms with van der Waals surface area (Å²) in [4.78, 5) is 14.2. The molecule has 1 saturated heterocycles. The van der Waals surface area contributed by atoms with Crippen molar-refractivity contribution in [1.82, 2.24) is 15.5 Å². The van der Waals surface area contributed by atoms with Crippen molar-refractivity contribution in [3.63, 3.8) is 0 Å². The minimum Gasteiger partial charge on any atom is -0.496 e. The number of methoxy groups -OCH3 is 1. The third-order valence-corrected chi connectivity index (χ3v) is 4.59. The van der Waals surface area contributed by atoms with Crippen LogP contribution in [0.4, 0.5) is 4.79 Å². The van der Waals surface area contributed by atoms with E-state index in [2.05, 4.69) is 38.5 Å². The lowest BCUT2D eigenvalue weighted by Crippen LogP contribution is -2.47. The maximum atomic E-state index is 11.9. The molecule has 0 atom stereocenters. The van der Waals surface area contributed by atoms with Crippen molar-refractivity contribution < 1.29 is 9.53 Å². The fourth-order valence-electron chi connectivity index (χ4n) is 2.58. The van der Waals surface area contributed by atoms with E-state index in [0.29, 0.717) is 12.6 Å². The number of benzene rings is 1. The van der Waals surface area contributed by atoms with Gasteiger partial charge in [-0.15, -0.1) is 0 Å². The maximum Gasteiger partial charge on any atom is 0.315 e. The van der Waals surface area contributed by atoms with E-state index in [-0.39, 0.29) is 6.03 Å². The molecule has 5 nitrogen and oxygen atoms in total. The van der Waals surface area contributed by atoms with Crippen LogP contribution in [0.25, 0.3) is 0 Å². The van der Waals surface area contributed by atoms with E-state index in [0.717, 1.165) is 48.1 Å². The molecule has 0 radical (unpaired) electrons. The Balaban J connectivity index is 1.69. The van der Waals surface area contributed by atoms with E-state index in [1.807, 2.05) is 18.2 Å². The number of hydrogen-bond acceptors (Lipinski definition) is 3. The lowest BCUT2D eigenvalue weighted by molar-refractivity contribution is 0.214. The van der Waals surface area contributed by atoms with Gasteiger partial charge in [-0.05, 0) is 73.0 Å². The van der Waals surface area contributed by atoms with E-state index < -0.39 is 0 Å². The van der Waals surface area contributed by atoms with Crippen LogP contribution in [-0.2, 0) is 6.42 Å². The average Bonchev–Trinajstić information content (AvgIpc) is 2.50. The van der Waals surface area contributed by atoms with Gasteiger partial charge in [0.25, 0.3) is 0 Å². The Labute approximate surface area is 140 Å². The standard InChI is InChI=1S/C16H24BrN3O2/c1-20-9-6-13(7-10-20)19-16(21)18-8-5-12-3-4-15(22-2)14(17)11-12/h3-4,11,13H,5-10H2,1-2H3,(H2,18,19,21). The number of halogens is 1. The quantitative estimate of drug-likeness (QED) is 0.837. The summed E-state index contributed by atoms with van der Waals surface area (Å²) in [5.41, 5.74) is 1.16. The highest BCUT2D eigenvalue weighted by atomic mass is 79.9. The van der Waals surface area contributed by atoms with Gasteiger partial charge in [-0.1, -0.05) is 6.07 Å². The minimum atomic E-state index is -0.0675. The first-order valence-corrected chi connectivity index (χ1v) is 8.43. The first kappa shape index (κ1) is 17.1. The lowest BCUT2D eigenvalue weighted by atomic mass is 10.1. The maximum absolute atomic E-state index is 11.9. The molecule has 0 aliphatic carbocycles. The molecule has 1 heterocycles. The van der Waals surface area contributed by atoms with Crippen LogP contribution in [-0.4, -0.2) is 50.8 Å². The number of amides is 2. The molecular weight excluding hydrogens is 346 g/mol. The molecule has 6 heteroatoms. The van der Waals surface area contributed by atoms with Crippen molar-refractivity contribution in [1.29, 1.82) is 0 Å². The molecule has 2 N–H and O–H groups in total. The van der Waals surface area contributed by atoms with Gasteiger partial charge in [0.15, 0.2) is 0 Å². The zero-order valence-electron chi connectivity index (χ0n) is 13.2. The molecule has 1 aliphatic rings. The van der Waals surface area contributed by atoms with Crippen LogP contribution in [0.15, 0.2) is 22.7 Å². The molecule has 1 aromatic carbocycles. The zero-order valence-corrected chi connectivity index (χ0v) is 14.8. The number of piperidine rings is 1. The number of nitrogens with zero attached hydrogens (tertiary/aromatic N) is 1. The fraction of sp³-hybridized carbons (Fsp3) is 0.562. The van der Waals surface area contributed by atoms with Crippen molar-refractivity contribution >= 4 is 22.0 Å². The third-order valence-electron chi connectivity index (χ3n) is 3.97. The van der Waals surface area contributed by atoms with Crippen molar-refractivity contribution in [3.8, 4) is 5.75 Å². The average molecular weight is 370 g/mol. The van der Waals surface area contributed by atoms with Crippen molar-refractivity contribution in [2.75, 3.05) is 33.8 Å². The second kappa shape index (κ2) is 8.39. The molecule has 0 aromatic heterocycles. The number of carbonyl (C=O) groups excluding carboxylic acids is 1. The summed E-state index contributed by atoms with van der Waals surface area (Å²) in [6.07, 6.45) is 2.84. The number of likely N-dealkylation sites (tertiary alicyclic amines) is 1. The topological polar surface area (TPSA) is 53.6 Å². The number of nitrogens with one attached hydrogen (secondary N) is 2. The summed E-state index contributed by atoms with van der Waals surface area (Å²) in [6.45, 7) is 2.72. The van der Waals surface area contributed by atoms with Gasteiger partial charge in [0.1, 0.15) is 5.75 Å². The minimum absolute atomic E-state index is 0.0675. The zero-order chi connectivity index (χ0) is 15.9. The number of ether oxygens (including phenoxy) is 1. The van der Waals surface area contributed by atoms with Crippen LogP contribution in [0.2, 0.25) is 0 Å². The first-order valence-electron chi connectivity index (χ1n) is 7.64. The van der Waals surface area contributed by atoms with Crippen LogP contribution in [0.3, 0.4) is 0 Å². The SMILES string of the molecule is COc1ccc(CCNC(=O)NC2CCN(C)CC2)cc1Br. The molecule has 2 rings (SSSR count). The Hall–Kier alpha value is -1.27. The highest BCUT2D eigenvalue weighted by Gasteiger charge is 2.17. The molecule has 1 fully saturated rings. The molecule has 0 saturated carbocycles. The Morgan fingerprint density at radius 1 is 1.41 bits per heavy atom. The van der Waals surface area contributed by atoms with Crippen molar-refractivity contribution in [3.05, 3.63) is 28.2 Å². The van der Waals surface area contributed by atoms with Gasteiger partial charge >= 0.3 is 6.03 Å². The summed E-state index contributed by atoms with van der Waals surface area (Å²) < 4.78 is 6.14. The Morgan fingerprint density at radius 3 is 2.77 bits per heavy atom. The largest absolute Gasteiger partial charge is 0.496 e. The monoisotopic (exact) mass is 369 g/mol. The van der Waals surface area contributed by atoms with E-state index >= 15 is 0 Å². The molecule has 1 aromatic rings. The lowest BCUT2D eigenvalue weighted by Gasteiger charge is -2.29. The second-order valence-corrected chi connectivity index (χ2v) is 6.55. The first-order chi connectivity index (χ1) is 10.6. The van der Waals surface area contributed by atoms with Gasteiger partial charge in [-0.3, -0.25) is 0 Å². The summed E-state index contributed by atoms with van der Waals surface area (Å²) >= 11 is 3.47. The van der Waals surface area contributed by atoms with Crippen LogP contribution >= 0.6 is 15.9 Å². The number of urea groups is 1. The second-order valence-electron chi connectivity index (χ2n) is 5.70. The molecule has 0 spiro atoms. The highest BCUT2D eigenvalue weighted by molar-refractivity contribution is 9.10. The molecule has 0 unspecified atom stereocenters. The smallest absolute Gasteiger partial charge is 0.315 e. The van der Waals surface area contributed by atoms with Crippen LogP contribution in [0.1, 0.15) is 18.4 Å². The fourth-order valence-corrected chi connectivity index (χ4v) is 3.16. The molecule has 2 amide bonds. The molecule has 122 valence electrons.